The molecule has 2 nitrogen and oxygen atoms in total. The minimum absolute atomic E-state index is 0.206. The van der Waals surface area contributed by atoms with Crippen molar-refractivity contribution >= 4 is 23.5 Å². The predicted molar refractivity (Wildman–Crippen MR) is 78.5 cm³/mol. The second kappa shape index (κ2) is 9.83. The standard InChI is InChI=1S/C13H20O2S2/c14-8-10-16-13(17-11-9-15)7-6-12-4-2-1-3-5-12/h2,4-7,13-15H,1,3,8-11H2/b7-6+. The van der Waals surface area contributed by atoms with E-state index < -0.39 is 0 Å². The summed E-state index contributed by atoms with van der Waals surface area (Å²) >= 11 is 3.43. The van der Waals surface area contributed by atoms with Gasteiger partial charge < -0.3 is 10.2 Å². The fourth-order valence-electron chi connectivity index (χ4n) is 1.44. The summed E-state index contributed by atoms with van der Waals surface area (Å²) in [7, 11) is 0. The smallest absolute Gasteiger partial charge is 0.0687 e. The highest BCUT2D eigenvalue weighted by Crippen LogP contribution is 2.25. The highest BCUT2D eigenvalue weighted by Gasteiger charge is 2.05. The Morgan fingerprint density at radius 1 is 1.18 bits per heavy atom. The zero-order valence-corrected chi connectivity index (χ0v) is 11.6. The van der Waals surface area contributed by atoms with Crippen molar-refractivity contribution in [2.45, 2.75) is 17.4 Å². The average molecular weight is 272 g/mol. The van der Waals surface area contributed by atoms with Crippen molar-refractivity contribution in [3.8, 4) is 0 Å². The van der Waals surface area contributed by atoms with Gasteiger partial charge in [-0.15, -0.1) is 23.5 Å². The van der Waals surface area contributed by atoms with E-state index in [0.29, 0.717) is 4.58 Å². The summed E-state index contributed by atoms with van der Waals surface area (Å²) in [5.74, 6) is 1.48. The number of hydrogen-bond acceptors (Lipinski definition) is 4. The quantitative estimate of drug-likeness (QED) is 0.666. The molecular weight excluding hydrogens is 252 g/mol. The summed E-state index contributed by atoms with van der Waals surface area (Å²) in [6.07, 6.45) is 13.1. The number of aliphatic hydroxyl groups excluding tert-OH is 2. The Morgan fingerprint density at radius 2 is 1.88 bits per heavy atom. The van der Waals surface area contributed by atoms with Crippen molar-refractivity contribution in [1.29, 1.82) is 0 Å². The first-order valence-electron chi connectivity index (χ1n) is 5.86. The third-order valence-corrected chi connectivity index (χ3v) is 4.84. The molecule has 2 N–H and O–H groups in total. The fraction of sp³-hybridized carbons (Fsp3) is 0.538. The molecule has 0 spiro atoms. The van der Waals surface area contributed by atoms with Crippen molar-refractivity contribution in [3.05, 3.63) is 36.0 Å². The van der Waals surface area contributed by atoms with Gasteiger partial charge in [-0.25, -0.2) is 0 Å². The van der Waals surface area contributed by atoms with Crippen molar-refractivity contribution < 1.29 is 10.2 Å². The van der Waals surface area contributed by atoms with Gasteiger partial charge >= 0.3 is 0 Å². The van der Waals surface area contributed by atoms with Crippen LogP contribution in [0.3, 0.4) is 0 Å². The van der Waals surface area contributed by atoms with Crippen LogP contribution >= 0.6 is 23.5 Å². The van der Waals surface area contributed by atoms with Crippen LogP contribution < -0.4 is 0 Å². The van der Waals surface area contributed by atoms with Gasteiger partial charge in [-0.2, -0.15) is 0 Å². The molecule has 0 unspecified atom stereocenters. The monoisotopic (exact) mass is 272 g/mol. The van der Waals surface area contributed by atoms with Crippen molar-refractivity contribution in [2.24, 2.45) is 0 Å². The van der Waals surface area contributed by atoms with Gasteiger partial charge in [0.25, 0.3) is 0 Å². The van der Waals surface area contributed by atoms with E-state index >= 15 is 0 Å². The zero-order chi connectivity index (χ0) is 12.3. The normalized spacial score (nSPS) is 15.8. The van der Waals surface area contributed by atoms with Gasteiger partial charge in [0.2, 0.25) is 0 Å². The largest absolute Gasteiger partial charge is 0.396 e. The Labute approximate surface area is 112 Å². The predicted octanol–water partition coefficient (Wildman–Crippen LogP) is 2.60. The molecule has 0 amide bonds. The Morgan fingerprint density at radius 3 is 2.41 bits per heavy atom. The molecule has 96 valence electrons. The number of aliphatic hydroxyl groups is 2. The second-order valence-electron chi connectivity index (χ2n) is 3.60. The summed E-state index contributed by atoms with van der Waals surface area (Å²) in [6, 6.07) is 0. The molecule has 0 aromatic heterocycles. The topological polar surface area (TPSA) is 40.5 Å². The molecule has 0 radical (unpaired) electrons. The van der Waals surface area contributed by atoms with Crippen LogP contribution in [0.1, 0.15) is 12.8 Å². The molecule has 4 heteroatoms. The molecule has 0 atom stereocenters. The molecule has 0 bridgehead atoms. The minimum Gasteiger partial charge on any atom is -0.396 e. The molecule has 0 saturated heterocycles. The van der Waals surface area contributed by atoms with Crippen LogP contribution in [0.2, 0.25) is 0 Å². The molecular formula is C13H20O2S2. The van der Waals surface area contributed by atoms with E-state index in [0.717, 1.165) is 24.3 Å². The number of hydrogen-bond donors (Lipinski definition) is 2. The maximum Gasteiger partial charge on any atom is 0.0687 e. The molecule has 0 aromatic carbocycles. The lowest BCUT2D eigenvalue weighted by atomic mass is 10.1. The van der Waals surface area contributed by atoms with E-state index in [4.69, 9.17) is 10.2 Å². The lowest BCUT2D eigenvalue weighted by Crippen LogP contribution is -2.00. The van der Waals surface area contributed by atoms with E-state index in [9.17, 15) is 0 Å². The number of thioether (sulfide) groups is 2. The molecule has 0 fully saturated rings. The fourth-order valence-corrected chi connectivity index (χ4v) is 3.46. The number of allylic oxidation sites excluding steroid dienone is 5. The summed E-state index contributed by atoms with van der Waals surface area (Å²) < 4.78 is 0.311. The molecule has 0 aromatic rings. The summed E-state index contributed by atoms with van der Waals surface area (Å²) in [5.41, 5.74) is 1.26. The Kier molecular flexibility index (Phi) is 8.61. The maximum atomic E-state index is 8.83. The molecule has 17 heavy (non-hydrogen) atoms. The molecule has 0 heterocycles. The first kappa shape index (κ1) is 14.9. The van der Waals surface area contributed by atoms with Crippen molar-refractivity contribution in [1.82, 2.24) is 0 Å². The lowest BCUT2D eigenvalue weighted by molar-refractivity contribution is 0.322. The summed E-state index contributed by atoms with van der Waals surface area (Å²) in [6.45, 7) is 0.411. The van der Waals surface area contributed by atoms with Crippen LogP contribution in [0.4, 0.5) is 0 Å². The SMILES string of the molecule is OCCSC(/C=C/C1=CCCC=C1)SCCO. The van der Waals surface area contributed by atoms with Crippen LogP contribution in [-0.4, -0.2) is 39.5 Å². The molecule has 0 saturated carbocycles. The first-order valence-corrected chi connectivity index (χ1v) is 7.96. The molecule has 0 aliphatic heterocycles. The minimum atomic E-state index is 0.206. The van der Waals surface area contributed by atoms with E-state index in [-0.39, 0.29) is 13.2 Å². The maximum absolute atomic E-state index is 8.83. The molecule has 1 rings (SSSR count). The average Bonchev–Trinajstić information content (AvgIpc) is 2.39. The van der Waals surface area contributed by atoms with Crippen LogP contribution in [-0.2, 0) is 0 Å². The van der Waals surface area contributed by atoms with E-state index in [1.807, 2.05) is 0 Å². The lowest BCUT2D eigenvalue weighted by Gasteiger charge is -2.11. The van der Waals surface area contributed by atoms with Gasteiger partial charge in [-0.3, -0.25) is 0 Å². The van der Waals surface area contributed by atoms with E-state index in [2.05, 4.69) is 30.4 Å². The van der Waals surface area contributed by atoms with Gasteiger partial charge in [0.15, 0.2) is 0 Å². The second-order valence-corrected chi connectivity index (χ2v) is 6.40. The van der Waals surface area contributed by atoms with Gasteiger partial charge in [-0.05, 0) is 18.4 Å². The van der Waals surface area contributed by atoms with Crippen LogP contribution in [0.25, 0.3) is 0 Å². The van der Waals surface area contributed by atoms with Gasteiger partial charge in [0.1, 0.15) is 0 Å². The van der Waals surface area contributed by atoms with Crippen LogP contribution in [0, 0.1) is 0 Å². The number of rotatable bonds is 8. The van der Waals surface area contributed by atoms with E-state index in [1.54, 1.807) is 23.5 Å². The van der Waals surface area contributed by atoms with Gasteiger partial charge in [0.05, 0.1) is 17.8 Å². The molecule has 1 aliphatic rings. The van der Waals surface area contributed by atoms with Crippen molar-refractivity contribution in [3.63, 3.8) is 0 Å². The third-order valence-electron chi connectivity index (χ3n) is 2.22. The van der Waals surface area contributed by atoms with Gasteiger partial charge in [-0.1, -0.05) is 30.4 Å². The molecule has 1 aliphatic carbocycles. The van der Waals surface area contributed by atoms with E-state index in [1.165, 1.54) is 5.57 Å². The third kappa shape index (κ3) is 6.99. The Bertz CT molecular complexity index is 277. The van der Waals surface area contributed by atoms with Crippen LogP contribution in [0.5, 0.6) is 0 Å². The highest BCUT2D eigenvalue weighted by molar-refractivity contribution is 8.17. The highest BCUT2D eigenvalue weighted by atomic mass is 32.2. The zero-order valence-electron chi connectivity index (χ0n) is 9.92. The Hall–Kier alpha value is -0.160. The first-order chi connectivity index (χ1) is 8.36. The summed E-state index contributed by atoms with van der Waals surface area (Å²) in [4.78, 5) is 0. The Balaban J connectivity index is 2.42. The van der Waals surface area contributed by atoms with Crippen molar-refractivity contribution in [2.75, 3.05) is 24.7 Å². The summed E-state index contributed by atoms with van der Waals surface area (Å²) in [5, 5.41) is 17.7. The van der Waals surface area contributed by atoms with Crippen LogP contribution in [0.15, 0.2) is 36.0 Å². The van der Waals surface area contributed by atoms with Gasteiger partial charge in [0, 0.05) is 11.5 Å².